The van der Waals surface area contributed by atoms with E-state index >= 15 is 0 Å². The quantitative estimate of drug-likeness (QED) is 0.673. The second-order valence-electron chi connectivity index (χ2n) is 1.52. The van der Waals surface area contributed by atoms with E-state index in [-0.39, 0.29) is 0 Å². The van der Waals surface area contributed by atoms with Crippen LogP contribution in [0.5, 0.6) is 0 Å². The van der Waals surface area contributed by atoms with Crippen molar-refractivity contribution in [3.8, 4) is 0 Å². The third-order valence-corrected chi connectivity index (χ3v) is 2.36. The van der Waals surface area contributed by atoms with Gasteiger partial charge in [-0.25, -0.2) is 4.98 Å². The topological polar surface area (TPSA) is 24.9 Å². The molecule has 9 heavy (non-hydrogen) atoms. The standard InChI is InChI=1S/C5H7ClN2S/c1-7-5-8-3-4(2-6)9-5/h3H,2H2,1H3,(H,7,8). The van der Waals surface area contributed by atoms with Gasteiger partial charge in [0.1, 0.15) is 0 Å². The molecule has 0 amide bonds. The number of anilines is 1. The molecule has 0 spiro atoms. The molecule has 0 aliphatic carbocycles. The summed E-state index contributed by atoms with van der Waals surface area (Å²) in [6.45, 7) is 0. The zero-order valence-corrected chi connectivity index (χ0v) is 6.59. The van der Waals surface area contributed by atoms with Gasteiger partial charge in [-0.1, -0.05) is 0 Å². The van der Waals surface area contributed by atoms with Gasteiger partial charge in [0.2, 0.25) is 0 Å². The first-order valence-electron chi connectivity index (χ1n) is 2.55. The van der Waals surface area contributed by atoms with Crippen molar-refractivity contribution in [1.29, 1.82) is 0 Å². The molecule has 1 aromatic heterocycles. The molecular weight excluding hydrogens is 156 g/mol. The van der Waals surface area contributed by atoms with Crippen LogP contribution in [-0.2, 0) is 5.88 Å². The van der Waals surface area contributed by atoms with Crippen LogP contribution in [0.2, 0.25) is 0 Å². The van der Waals surface area contributed by atoms with Crippen LogP contribution < -0.4 is 5.32 Å². The zero-order valence-electron chi connectivity index (χ0n) is 5.02. The van der Waals surface area contributed by atoms with Gasteiger partial charge in [-0.05, 0) is 0 Å². The van der Waals surface area contributed by atoms with Crippen molar-refractivity contribution in [3.05, 3.63) is 11.1 Å². The third-order valence-electron chi connectivity index (χ3n) is 0.899. The average molecular weight is 163 g/mol. The van der Waals surface area contributed by atoms with Crippen LogP contribution in [0.15, 0.2) is 6.20 Å². The molecule has 2 nitrogen and oxygen atoms in total. The molecular formula is C5H7ClN2S. The fourth-order valence-electron chi connectivity index (χ4n) is 0.485. The molecule has 0 atom stereocenters. The molecule has 1 rings (SSSR count). The van der Waals surface area contributed by atoms with Gasteiger partial charge in [-0.3, -0.25) is 0 Å². The summed E-state index contributed by atoms with van der Waals surface area (Å²) in [6, 6.07) is 0. The summed E-state index contributed by atoms with van der Waals surface area (Å²) < 4.78 is 0. The van der Waals surface area contributed by atoms with Gasteiger partial charge >= 0.3 is 0 Å². The Labute approximate surface area is 62.9 Å². The number of nitrogens with one attached hydrogen (secondary N) is 1. The normalized spacial score (nSPS) is 9.56. The lowest BCUT2D eigenvalue weighted by Gasteiger charge is -1.85. The molecule has 0 aliphatic heterocycles. The number of hydrogen-bond donors (Lipinski definition) is 1. The summed E-state index contributed by atoms with van der Waals surface area (Å²) in [6.07, 6.45) is 1.78. The van der Waals surface area contributed by atoms with Crippen LogP contribution in [0.3, 0.4) is 0 Å². The number of halogens is 1. The van der Waals surface area contributed by atoms with Gasteiger partial charge in [-0.15, -0.1) is 22.9 Å². The predicted octanol–water partition coefficient (Wildman–Crippen LogP) is 1.92. The van der Waals surface area contributed by atoms with Crippen molar-refractivity contribution < 1.29 is 0 Å². The summed E-state index contributed by atoms with van der Waals surface area (Å²) in [5, 5.41) is 3.85. The first-order chi connectivity index (χ1) is 4.36. The summed E-state index contributed by atoms with van der Waals surface area (Å²) in [5.74, 6) is 0.555. The van der Waals surface area contributed by atoms with Crippen molar-refractivity contribution in [2.45, 2.75) is 5.88 Å². The monoisotopic (exact) mass is 162 g/mol. The molecule has 0 radical (unpaired) electrons. The SMILES string of the molecule is CNc1ncc(CCl)s1. The minimum atomic E-state index is 0.555. The lowest BCUT2D eigenvalue weighted by atomic mass is 10.6. The number of nitrogens with zero attached hydrogens (tertiary/aromatic N) is 1. The van der Waals surface area contributed by atoms with E-state index in [4.69, 9.17) is 11.6 Å². The van der Waals surface area contributed by atoms with Gasteiger partial charge in [0.25, 0.3) is 0 Å². The maximum absolute atomic E-state index is 5.54. The first-order valence-corrected chi connectivity index (χ1v) is 3.90. The number of thiazole rings is 1. The molecule has 4 heteroatoms. The molecule has 0 aliphatic rings. The Kier molecular flexibility index (Phi) is 2.30. The van der Waals surface area contributed by atoms with E-state index in [1.165, 1.54) is 0 Å². The molecule has 0 saturated carbocycles. The van der Waals surface area contributed by atoms with E-state index in [1.807, 2.05) is 7.05 Å². The first kappa shape index (κ1) is 6.83. The number of alkyl halides is 1. The third kappa shape index (κ3) is 1.56. The molecule has 1 aromatic rings. The Morgan fingerprint density at radius 3 is 3.00 bits per heavy atom. The molecule has 50 valence electrons. The zero-order chi connectivity index (χ0) is 6.69. The highest BCUT2D eigenvalue weighted by atomic mass is 35.5. The maximum atomic E-state index is 5.54. The van der Waals surface area contributed by atoms with Crippen molar-refractivity contribution in [2.75, 3.05) is 12.4 Å². The Hall–Kier alpha value is -0.280. The predicted molar refractivity (Wildman–Crippen MR) is 41.2 cm³/mol. The largest absolute Gasteiger partial charge is 0.365 e. The molecule has 0 unspecified atom stereocenters. The van der Waals surface area contributed by atoms with Crippen LogP contribution in [-0.4, -0.2) is 12.0 Å². The molecule has 0 saturated heterocycles. The van der Waals surface area contributed by atoms with Gasteiger partial charge in [0.05, 0.1) is 5.88 Å². The van der Waals surface area contributed by atoms with Crippen LogP contribution >= 0.6 is 22.9 Å². The minimum absolute atomic E-state index is 0.555. The fraction of sp³-hybridized carbons (Fsp3) is 0.400. The van der Waals surface area contributed by atoms with Gasteiger partial charge in [0, 0.05) is 18.1 Å². The maximum Gasteiger partial charge on any atom is 0.182 e. The van der Waals surface area contributed by atoms with Crippen LogP contribution in [0, 0.1) is 0 Å². The van der Waals surface area contributed by atoms with Crippen LogP contribution in [0.4, 0.5) is 5.13 Å². The van der Waals surface area contributed by atoms with Crippen LogP contribution in [0.25, 0.3) is 0 Å². The van der Waals surface area contributed by atoms with Crippen LogP contribution in [0.1, 0.15) is 4.88 Å². The summed E-state index contributed by atoms with van der Waals surface area (Å²) in [4.78, 5) is 5.13. The Balaban J connectivity index is 2.74. The van der Waals surface area contributed by atoms with Crippen molar-refractivity contribution in [1.82, 2.24) is 4.98 Å². The number of aromatic nitrogens is 1. The highest BCUT2D eigenvalue weighted by molar-refractivity contribution is 7.15. The van der Waals surface area contributed by atoms with Gasteiger partial charge < -0.3 is 5.32 Å². The Morgan fingerprint density at radius 1 is 1.89 bits per heavy atom. The van der Waals surface area contributed by atoms with Crippen molar-refractivity contribution in [2.24, 2.45) is 0 Å². The van der Waals surface area contributed by atoms with E-state index in [2.05, 4.69) is 10.3 Å². The molecule has 1 heterocycles. The molecule has 0 aromatic carbocycles. The fourth-order valence-corrected chi connectivity index (χ4v) is 1.33. The number of hydrogen-bond acceptors (Lipinski definition) is 3. The van der Waals surface area contributed by atoms with Crippen molar-refractivity contribution >= 4 is 28.1 Å². The summed E-state index contributed by atoms with van der Waals surface area (Å²) in [7, 11) is 1.84. The molecule has 0 bridgehead atoms. The second kappa shape index (κ2) is 3.03. The van der Waals surface area contributed by atoms with E-state index in [9.17, 15) is 0 Å². The summed E-state index contributed by atoms with van der Waals surface area (Å²) in [5.41, 5.74) is 0. The Morgan fingerprint density at radius 2 is 2.67 bits per heavy atom. The lowest BCUT2D eigenvalue weighted by molar-refractivity contribution is 1.34. The smallest absolute Gasteiger partial charge is 0.182 e. The van der Waals surface area contributed by atoms with Crippen molar-refractivity contribution in [3.63, 3.8) is 0 Å². The summed E-state index contributed by atoms with van der Waals surface area (Å²) >= 11 is 7.12. The highest BCUT2D eigenvalue weighted by Gasteiger charge is 1.95. The van der Waals surface area contributed by atoms with Gasteiger partial charge in [-0.2, -0.15) is 0 Å². The van der Waals surface area contributed by atoms with E-state index in [1.54, 1.807) is 17.5 Å². The van der Waals surface area contributed by atoms with E-state index in [0.717, 1.165) is 10.0 Å². The van der Waals surface area contributed by atoms with E-state index < -0.39 is 0 Å². The lowest BCUT2D eigenvalue weighted by Crippen LogP contribution is -1.83. The average Bonchev–Trinajstić information content (AvgIpc) is 2.34. The molecule has 0 fully saturated rings. The second-order valence-corrected chi connectivity index (χ2v) is 2.90. The highest BCUT2D eigenvalue weighted by Crippen LogP contribution is 2.18. The van der Waals surface area contributed by atoms with Gasteiger partial charge in [0.15, 0.2) is 5.13 Å². The number of rotatable bonds is 2. The molecule has 1 N–H and O–H groups in total. The van der Waals surface area contributed by atoms with E-state index in [0.29, 0.717) is 5.88 Å². The minimum Gasteiger partial charge on any atom is -0.365 e. The Bertz CT molecular complexity index is 168.